The maximum absolute atomic E-state index is 11.1. The molecule has 0 heterocycles. The molecular formula is C13H28N2O. The molecule has 0 amide bonds. The van der Waals surface area contributed by atoms with Crippen molar-refractivity contribution >= 4 is 5.78 Å². The summed E-state index contributed by atoms with van der Waals surface area (Å²) in [6.45, 7) is 10.8. The van der Waals surface area contributed by atoms with Gasteiger partial charge in [0.1, 0.15) is 5.78 Å². The van der Waals surface area contributed by atoms with Crippen LogP contribution >= 0.6 is 0 Å². The molecule has 0 aromatic carbocycles. The maximum Gasteiger partial charge on any atom is 0.143 e. The minimum atomic E-state index is 0.278. The molecule has 0 spiro atoms. The van der Waals surface area contributed by atoms with Gasteiger partial charge in [0, 0.05) is 0 Å². The molecule has 0 radical (unpaired) electrons. The van der Waals surface area contributed by atoms with Crippen molar-refractivity contribution in [2.45, 2.75) is 46.5 Å². The summed E-state index contributed by atoms with van der Waals surface area (Å²) in [5.41, 5.74) is 0. The van der Waals surface area contributed by atoms with Crippen LogP contribution in [-0.4, -0.2) is 43.4 Å². The predicted octanol–water partition coefficient (Wildman–Crippen LogP) is 2.07. The third-order valence-electron chi connectivity index (χ3n) is 2.60. The van der Waals surface area contributed by atoms with Crippen molar-refractivity contribution in [2.24, 2.45) is 0 Å². The van der Waals surface area contributed by atoms with Gasteiger partial charge in [-0.15, -0.1) is 0 Å². The average molecular weight is 228 g/mol. The third kappa shape index (κ3) is 10.1. The first kappa shape index (κ1) is 15.6. The van der Waals surface area contributed by atoms with Crippen LogP contribution in [0.2, 0.25) is 0 Å². The van der Waals surface area contributed by atoms with Crippen LogP contribution in [0.1, 0.15) is 46.5 Å². The summed E-state index contributed by atoms with van der Waals surface area (Å²) in [6, 6.07) is 0. The number of unbranched alkanes of at least 4 members (excludes halogenated alkanes) is 2. The Morgan fingerprint density at radius 2 is 1.81 bits per heavy atom. The van der Waals surface area contributed by atoms with Gasteiger partial charge in [0.15, 0.2) is 0 Å². The number of hydrogen-bond acceptors (Lipinski definition) is 3. The van der Waals surface area contributed by atoms with Crippen LogP contribution in [-0.2, 0) is 4.79 Å². The van der Waals surface area contributed by atoms with E-state index in [0.717, 1.165) is 32.6 Å². The quantitative estimate of drug-likeness (QED) is 0.549. The molecule has 96 valence electrons. The number of carbonyl (C=O) groups is 1. The first-order valence-corrected chi connectivity index (χ1v) is 6.63. The Morgan fingerprint density at radius 3 is 2.38 bits per heavy atom. The van der Waals surface area contributed by atoms with Gasteiger partial charge in [-0.25, -0.2) is 0 Å². The van der Waals surface area contributed by atoms with E-state index in [2.05, 4.69) is 24.1 Å². The lowest BCUT2D eigenvalue weighted by molar-refractivity contribution is -0.118. The van der Waals surface area contributed by atoms with E-state index < -0.39 is 0 Å². The lowest BCUT2D eigenvalue weighted by Crippen LogP contribution is -2.32. The van der Waals surface area contributed by atoms with E-state index in [1.165, 1.54) is 19.3 Å². The molecule has 0 saturated heterocycles. The van der Waals surface area contributed by atoms with Crippen molar-refractivity contribution in [3.05, 3.63) is 0 Å². The Balaban J connectivity index is 3.67. The number of rotatable bonds is 11. The van der Waals surface area contributed by atoms with Gasteiger partial charge in [0.2, 0.25) is 0 Å². The second-order valence-corrected chi connectivity index (χ2v) is 4.39. The molecule has 0 aromatic heterocycles. The van der Waals surface area contributed by atoms with Gasteiger partial charge < -0.3 is 5.32 Å². The van der Waals surface area contributed by atoms with Crippen LogP contribution in [0, 0.1) is 0 Å². The van der Waals surface area contributed by atoms with Crippen molar-refractivity contribution < 1.29 is 4.79 Å². The van der Waals surface area contributed by atoms with Gasteiger partial charge in [0.05, 0.1) is 6.54 Å². The van der Waals surface area contributed by atoms with Crippen LogP contribution in [0.4, 0.5) is 0 Å². The predicted molar refractivity (Wildman–Crippen MR) is 69.8 cm³/mol. The van der Waals surface area contributed by atoms with E-state index in [1.807, 2.05) is 0 Å². The van der Waals surface area contributed by atoms with Gasteiger partial charge >= 0.3 is 0 Å². The molecule has 16 heavy (non-hydrogen) atoms. The molecule has 3 nitrogen and oxygen atoms in total. The highest BCUT2D eigenvalue weighted by atomic mass is 16.1. The standard InChI is InChI=1S/C13H28N2O/c1-4-6-7-10-15(12-13(3)16)11-8-9-14-5-2/h14H,4-12H2,1-3H3. The third-order valence-corrected chi connectivity index (χ3v) is 2.60. The normalized spacial score (nSPS) is 11.0. The Kier molecular flexibility index (Phi) is 10.8. The van der Waals surface area contributed by atoms with Crippen molar-refractivity contribution in [1.29, 1.82) is 0 Å². The van der Waals surface area contributed by atoms with E-state index in [9.17, 15) is 4.79 Å². The van der Waals surface area contributed by atoms with Crippen LogP contribution in [0.5, 0.6) is 0 Å². The summed E-state index contributed by atoms with van der Waals surface area (Å²) in [5, 5.41) is 3.31. The lowest BCUT2D eigenvalue weighted by atomic mass is 10.2. The van der Waals surface area contributed by atoms with Crippen molar-refractivity contribution in [2.75, 3.05) is 32.7 Å². The molecule has 0 aliphatic carbocycles. The lowest BCUT2D eigenvalue weighted by Gasteiger charge is -2.20. The minimum absolute atomic E-state index is 0.278. The number of hydrogen-bond donors (Lipinski definition) is 1. The molecule has 0 aliphatic rings. The first-order valence-electron chi connectivity index (χ1n) is 6.63. The number of nitrogens with zero attached hydrogens (tertiary/aromatic N) is 1. The summed E-state index contributed by atoms with van der Waals surface area (Å²) in [5.74, 6) is 0.278. The highest BCUT2D eigenvalue weighted by Crippen LogP contribution is 1.99. The van der Waals surface area contributed by atoms with Crippen LogP contribution in [0.25, 0.3) is 0 Å². The van der Waals surface area contributed by atoms with Crippen molar-refractivity contribution in [3.8, 4) is 0 Å². The summed E-state index contributed by atoms with van der Waals surface area (Å²) in [7, 11) is 0. The molecule has 0 unspecified atom stereocenters. The highest BCUT2D eigenvalue weighted by Gasteiger charge is 2.06. The summed E-state index contributed by atoms with van der Waals surface area (Å²) >= 11 is 0. The zero-order valence-corrected chi connectivity index (χ0v) is 11.2. The fraction of sp³-hybridized carbons (Fsp3) is 0.923. The van der Waals surface area contributed by atoms with Gasteiger partial charge in [-0.3, -0.25) is 9.69 Å². The van der Waals surface area contributed by atoms with Crippen molar-refractivity contribution in [3.63, 3.8) is 0 Å². The molecule has 0 rings (SSSR count). The maximum atomic E-state index is 11.1. The number of Topliss-reactive ketones (excluding diaryl/α,β-unsaturated/α-hetero) is 1. The van der Waals surface area contributed by atoms with E-state index in [1.54, 1.807) is 6.92 Å². The fourth-order valence-corrected chi connectivity index (χ4v) is 1.77. The molecule has 0 saturated carbocycles. The zero-order valence-electron chi connectivity index (χ0n) is 11.2. The van der Waals surface area contributed by atoms with E-state index in [4.69, 9.17) is 0 Å². The monoisotopic (exact) mass is 228 g/mol. The molecule has 0 aliphatic heterocycles. The second-order valence-electron chi connectivity index (χ2n) is 4.39. The first-order chi connectivity index (χ1) is 7.70. The Labute approximate surface area is 101 Å². The second kappa shape index (κ2) is 11.1. The van der Waals surface area contributed by atoms with Crippen LogP contribution in [0.15, 0.2) is 0 Å². The van der Waals surface area contributed by atoms with Gasteiger partial charge in [-0.1, -0.05) is 26.7 Å². The number of nitrogens with one attached hydrogen (secondary N) is 1. The highest BCUT2D eigenvalue weighted by molar-refractivity contribution is 5.77. The fourth-order valence-electron chi connectivity index (χ4n) is 1.77. The largest absolute Gasteiger partial charge is 0.317 e. The summed E-state index contributed by atoms with van der Waals surface area (Å²) < 4.78 is 0. The van der Waals surface area contributed by atoms with E-state index in [0.29, 0.717) is 6.54 Å². The number of carbonyl (C=O) groups excluding carboxylic acids is 1. The SMILES string of the molecule is CCCCCN(CCCNCC)CC(C)=O. The number of ketones is 1. The van der Waals surface area contributed by atoms with Crippen LogP contribution < -0.4 is 5.32 Å². The van der Waals surface area contributed by atoms with Crippen molar-refractivity contribution in [1.82, 2.24) is 10.2 Å². The minimum Gasteiger partial charge on any atom is -0.317 e. The molecule has 0 atom stereocenters. The Hall–Kier alpha value is -0.410. The van der Waals surface area contributed by atoms with E-state index in [-0.39, 0.29) is 5.78 Å². The Morgan fingerprint density at radius 1 is 1.12 bits per heavy atom. The summed E-state index contributed by atoms with van der Waals surface area (Å²) in [4.78, 5) is 13.4. The van der Waals surface area contributed by atoms with Gasteiger partial charge in [-0.2, -0.15) is 0 Å². The average Bonchev–Trinajstić information content (AvgIpc) is 2.23. The molecule has 3 heteroatoms. The molecule has 0 aromatic rings. The molecule has 0 bridgehead atoms. The van der Waals surface area contributed by atoms with E-state index >= 15 is 0 Å². The smallest absolute Gasteiger partial charge is 0.143 e. The Bertz CT molecular complexity index is 171. The summed E-state index contributed by atoms with van der Waals surface area (Å²) in [6.07, 6.45) is 4.85. The van der Waals surface area contributed by atoms with Crippen LogP contribution in [0.3, 0.4) is 0 Å². The molecule has 0 fully saturated rings. The van der Waals surface area contributed by atoms with Gasteiger partial charge in [0.25, 0.3) is 0 Å². The molecule has 1 N–H and O–H groups in total. The zero-order chi connectivity index (χ0) is 12.2. The topological polar surface area (TPSA) is 32.3 Å². The molecular weight excluding hydrogens is 200 g/mol. The van der Waals surface area contributed by atoms with Gasteiger partial charge in [-0.05, 0) is 45.9 Å².